The van der Waals surface area contributed by atoms with Crippen LogP contribution in [0.1, 0.15) is 73.6 Å². The number of carbonyl (C=O) groups excluding carboxylic acids is 1. The molecule has 140 valence electrons. The highest BCUT2D eigenvalue weighted by Crippen LogP contribution is 2.47. The zero-order valence-corrected chi connectivity index (χ0v) is 16.7. The third kappa shape index (κ3) is 3.86. The summed E-state index contributed by atoms with van der Waals surface area (Å²) in [6, 6.07) is 0. The standard InChI is InChI=1S/C22H34O3/c1-13-7-11-18(14(2)9-12-19-22(5,6)25-19)21(24-16(4)23)20-15(3)8-10-17(13)20/h8,14,18-21H,7,9-12H2,1-6H3. The molecule has 0 spiro atoms. The van der Waals surface area contributed by atoms with E-state index in [1.54, 1.807) is 6.92 Å². The molecule has 0 amide bonds. The van der Waals surface area contributed by atoms with Crippen molar-refractivity contribution in [1.82, 2.24) is 0 Å². The Kier molecular flexibility index (Phi) is 5.16. The van der Waals surface area contributed by atoms with E-state index in [1.165, 1.54) is 16.7 Å². The summed E-state index contributed by atoms with van der Waals surface area (Å²) in [5.41, 5.74) is 4.46. The van der Waals surface area contributed by atoms with Gasteiger partial charge in [0, 0.05) is 12.8 Å². The van der Waals surface area contributed by atoms with Gasteiger partial charge in [-0.25, -0.2) is 0 Å². The maximum atomic E-state index is 11.9. The molecule has 3 nitrogen and oxygen atoms in total. The highest BCUT2D eigenvalue weighted by Gasteiger charge is 2.48. The highest BCUT2D eigenvalue weighted by atomic mass is 16.6. The van der Waals surface area contributed by atoms with Crippen LogP contribution in [-0.2, 0) is 14.3 Å². The molecule has 0 aromatic carbocycles. The number of fused-ring (bicyclic) bond motifs is 1. The van der Waals surface area contributed by atoms with Crippen molar-refractivity contribution in [3.05, 3.63) is 22.8 Å². The minimum absolute atomic E-state index is 0.00756. The number of allylic oxidation sites excluding steroid dienone is 2. The topological polar surface area (TPSA) is 38.8 Å². The molecule has 1 aliphatic heterocycles. The monoisotopic (exact) mass is 346 g/mol. The molecule has 1 saturated heterocycles. The minimum Gasteiger partial charge on any atom is -0.461 e. The van der Waals surface area contributed by atoms with E-state index in [0.717, 1.165) is 32.1 Å². The molecule has 0 saturated carbocycles. The number of hydrogen-bond donors (Lipinski definition) is 0. The normalized spacial score (nSPS) is 34.9. The second-order valence-electron chi connectivity index (χ2n) is 8.98. The average molecular weight is 347 g/mol. The molecule has 3 heteroatoms. The first kappa shape index (κ1) is 18.7. The largest absolute Gasteiger partial charge is 0.461 e. The molecule has 2 aliphatic carbocycles. The summed E-state index contributed by atoms with van der Waals surface area (Å²) in [6.45, 7) is 12.7. The van der Waals surface area contributed by atoms with Gasteiger partial charge in [0.15, 0.2) is 0 Å². The van der Waals surface area contributed by atoms with E-state index in [0.29, 0.717) is 23.9 Å². The van der Waals surface area contributed by atoms with E-state index in [-0.39, 0.29) is 17.7 Å². The van der Waals surface area contributed by atoms with Crippen LogP contribution in [0.3, 0.4) is 0 Å². The molecule has 1 fully saturated rings. The van der Waals surface area contributed by atoms with Crippen molar-refractivity contribution < 1.29 is 14.3 Å². The van der Waals surface area contributed by atoms with Gasteiger partial charge < -0.3 is 9.47 Å². The Morgan fingerprint density at radius 3 is 2.68 bits per heavy atom. The van der Waals surface area contributed by atoms with Gasteiger partial charge >= 0.3 is 5.97 Å². The van der Waals surface area contributed by atoms with Crippen LogP contribution in [0.25, 0.3) is 0 Å². The molecule has 3 aliphatic rings. The Balaban J connectivity index is 1.76. The van der Waals surface area contributed by atoms with E-state index in [1.807, 2.05) is 0 Å². The van der Waals surface area contributed by atoms with Crippen LogP contribution in [-0.4, -0.2) is 23.8 Å². The van der Waals surface area contributed by atoms with E-state index < -0.39 is 0 Å². The lowest BCUT2D eigenvalue weighted by Gasteiger charge is -2.35. The summed E-state index contributed by atoms with van der Waals surface area (Å²) in [4.78, 5) is 11.9. The first-order chi connectivity index (χ1) is 11.7. The van der Waals surface area contributed by atoms with Crippen molar-refractivity contribution in [2.75, 3.05) is 0 Å². The number of ether oxygens (including phenoxy) is 2. The van der Waals surface area contributed by atoms with E-state index in [4.69, 9.17) is 9.47 Å². The Bertz CT molecular complexity index is 598. The van der Waals surface area contributed by atoms with Crippen LogP contribution in [0, 0.1) is 17.8 Å². The molecule has 0 N–H and O–H groups in total. The first-order valence-electron chi connectivity index (χ1n) is 9.91. The lowest BCUT2D eigenvalue weighted by atomic mass is 9.76. The number of esters is 1. The quantitative estimate of drug-likeness (QED) is 0.390. The van der Waals surface area contributed by atoms with Crippen molar-refractivity contribution >= 4 is 5.97 Å². The predicted octanol–water partition coefficient (Wildman–Crippen LogP) is 5.20. The van der Waals surface area contributed by atoms with Gasteiger partial charge in [-0.05, 0) is 71.6 Å². The predicted molar refractivity (Wildman–Crippen MR) is 100 cm³/mol. The van der Waals surface area contributed by atoms with Gasteiger partial charge in [-0.2, -0.15) is 0 Å². The van der Waals surface area contributed by atoms with Gasteiger partial charge in [-0.3, -0.25) is 4.79 Å². The zero-order valence-electron chi connectivity index (χ0n) is 16.7. The van der Waals surface area contributed by atoms with Crippen molar-refractivity contribution in [3.8, 4) is 0 Å². The average Bonchev–Trinajstić information content (AvgIpc) is 2.99. The van der Waals surface area contributed by atoms with Gasteiger partial charge in [-0.1, -0.05) is 29.7 Å². The van der Waals surface area contributed by atoms with E-state index >= 15 is 0 Å². The Hall–Kier alpha value is -1.09. The lowest BCUT2D eigenvalue weighted by molar-refractivity contribution is -0.152. The van der Waals surface area contributed by atoms with Crippen molar-refractivity contribution in [2.24, 2.45) is 17.8 Å². The highest BCUT2D eigenvalue weighted by molar-refractivity contribution is 5.66. The molecule has 0 bridgehead atoms. The fourth-order valence-corrected chi connectivity index (χ4v) is 4.97. The fourth-order valence-electron chi connectivity index (χ4n) is 4.97. The van der Waals surface area contributed by atoms with Gasteiger partial charge in [-0.15, -0.1) is 0 Å². The molecule has 1 heterocycles. The van der Waals surface area contributed by atoms with E-state index in [9.17, 15) is 4.79 Å². The number of carbonyl (C=O) groups is 1. The van der Waals surface area contributed by atoms with Gasteiger partial charge in [0.2, 0.25) is 0 Å². The molecule has 5 unspecified atom stereocenters. The number of epoxide rings is 1. The molecular formula is C22H34O3. The third-order valence-corrected chi connectivity index (χ3v) is 6.74. The summed E-state index contributed by atoms with van der Waals surface area (Å²) in [5, 5.41) is 0. The summed E-state index contributed by atoms with van der Waals surface area (Å²) >= 11 is 0. The maximum Gasteiger partial charge on any atom is 0.302 e. The van der Waals surface area contributed by atoms with Crippen LogP contribution in [0.4, 0.5) is 0 Å². The minimum atomic E-state index is -0.146. The molecule has 5 atom stereocenters. The van der Waals surface area contributed by atoms with Crippen LogP contribution < -0.4 is 0 Å². The first-order valence-corrected chi connectivity index (χ1v) is 9.91. The van der Waals surface area contributed by atoms with Gasteiger partial charge in [0.05, 0.1) is 11.7 Å². The Labute approximate surface area is 152 Å². The van der Waals surface area contributed by atoms with Gasteiger partial charge in [0.1, 0.15) is 6.10 Å². The van der Waals surface area contributed by atoms with Crippen LogP contribution >= 0.6 is 0 Å². The number of hydrogen-bond acceptors (Lipinski definition) is 3. The SMILES string of the molecule is CC(=O)OC1C2C(C)=CCC2=C(C)CCC1C(C)CCC1OC1(C)C. The van der Waals surface area contributed by atoms with Crippen LogP contribution in [0.15, 0.2) is 22.8 Å². The lowest BCUT2D eigenvalue weighted by Crippen LogP contribution is -2.36. The van der Waals surface area contributed by atoms with Crippen molar-refractivity contribution in [1.29, 1.82) is 0 Å². The molecule has 25 heavy (non-hydrogen) atoms. The van der Waals surface area contributed by atoms with Gasteiger partial charge in [0.25, 0.3) is 0 Å². The molecule has 0 aromatic rings. The summed E-state index contributed by atoms with van der Waals surface area (Å²) < 4.78 is 11.7. The summed E-state index contributed by atoms with van der Waals surface area (Å²) in [6.07, 6.45) is 8.25. The second kappa shape index (κ2) is 6.90. The van der Waals surface area contributed by atoms with Crippen LogP contribution in [0.5, 0.6) is 0 Å². The smallest absolute Gasteiger partial charge is 0.302 e. The van der Waals surface area contributed by atoms with Crippen molar-refractivity contribution in [3.63, 3.8) is 0 Å². The zero-order chi connectivity index (χ0) is 18.4. The maximum absolute atomic E-state index is 11.9. The van der Waals surface area contributed by atoms with E-state index in [2.05, 4.69) is 40.7 Å². The molecule has 0 aromatic heterocycles. The summed E-state index contributed by atoms with van der Waals surface area (Å²) in [7, 11) is 0. The molecular weight excluding hydrogens is 312 g/mol. The second-order valence-corrected chi connectivity index (χ2v) is 8.98. The third-order valence-electron chi connectivity index (χ3n) is 6.74. The molecule has 3 rings (SSSR count). The molecule has 0 radical (unpaired) electrons. The Morgan fingerprint density at radius 2 is 2.08 bits per heavy atom. The van der Waals surface area contributed by atoms with Crippen molar-refractivity contribution in [2.45, 2.75) is 91.5 Å². The fraction of sp³-hybridized carbons (Fsp3) is 0.773. The Morgan fingerprint density at radius 1 is 1.40 bits per heavy atom. The number of rotatable bonds is 5. The summed E-state index contributed by atoms with van der Waals surface area (Å²) in [5.74, 6) is 1.11. The van der Waals surface area contributed by atoms with Crippen LogP contribution in [0.2, 0.25) is 0 Å².